The summed E-state index contributed by atoms with van der Waals surface area (Å²) in [5, 5.41) is 2.90. The first kappa shape index (κ1) is 16.9. The Kier molecular flexibility index (Phi) is 4.65. The smallest absolute Gasteiger partial charge is 0.258 e. The molecule has 0 aliphatic carbocycles. The summed E-state index contributed by atoms with van der Waals surface area (Å²) in [5.41, 5.74) is 4.72. The monoisotopic (exact) mass is 334 g/mol. The molecule has 0 aliphatic rings. The molecule has 128 valence electrons. The Bertz CT molecular complexity index is 897. The van der Waals surface area contributed by atoms with Crippen molar-refractivity contribution in [1.29, 1.82) is 0 Å². The van der Waals surface area contributed by atoms with Crippen LogP contribution in [0.5, 0.6) is 0 Å². The molecular formula is C20H22N4O. The molecule has 0 spiro atoms. The lowest BCUT2D eigenvalue weighted by Crippen LogP contribution is -2.13. The van der Waals surface area contributed by atoms with Gasteiger partial charge in [0, 0.05) is 42.6 Å². The van der Waals surface area contributed by atoms with Crippen LogP contribution in [0.2, 0.25) is 0 Å². The Hall–Kier alpha value is -2.95. The van der Waals surface area contributed by atoms with Gasteiger partial charge in [0.1, 0.15) is 5.82 Å². The number of amides is 1. The van der Waals surface area contributed by atoms with E-state index in [1.807, 2.05) is 44.3 Å². The van der Waals surface area contributed by atoms with E-state index in [0.29, 0.717) is 17.3 Å². The minimum atomic E-state index is -0.143. The number of carbonyl (C=O) groups is 1. The van der Waals surface area contributed by atoms with E-state index in [1.165, 1.54) is 0 Å². The third-order valence-corrected chi connectivity index (χ3v) is 4.40. The molecule has 0 fully saturated rings. The van der Waals surface area contributed by atoms with Gasteiger partial charge in [-0.15, -0.1) is 0 Å². The largest absolute Gasteiger partial charge is 0.351 e. The number of nitrogens with zero attached hydrogens (tertiary/aromatic N) is 3. The maximum Gasteiger partial charge on any atom is 0.258 e. The van der Waals surface area contributed by atoms with Gasteiger partial charge < -0.3 is 9.88 Å². The second-order valence-electron chi connectivity index (χ2n) is 6.41. The van der Waals surface area contributed by atoms with Crippen LogP contribution in [0.4, 0.5) is 5.82 Å². The van der Waals surface area contributed by atoms with Crippen LogP contribution in [-0.4, -0.2) is 20.4 Å². The fourth-order valence-corrected chi connectivity index (χ4v) is 2.90. The molecule has 3 aromatic heterocycles. The Morgan fingerprint density at radius 3 is 2.60 bits per heavy atom. The van der Waals surface area contributed by atoms with Crippen LogP contribution in [0.1, 0.15) is 41.5 Å². The van der Waals surface area contributed by atoms with Crippen molar-refractivity contribution in [2.75, 3.05) is 5.32 Å². The van der Waals surface area contributed by atoms with E-state index in [1.54, 1.807) is 18.6 Å². The van der Waals surface area contributed by atoms with Gasteiger partial charge in [0.25, 0.3) is 5.91 Å². The zero-order valence-electron chi connectivity index (χ0n) is 14.9. The average molecular weight is 334 g/mol. The summed E-state index contributed by atoms with van der Waals surface area (Å²) in [4.78, 5) is 21.1. The van der Waals surface area contributed by atoms with Crippen molar-refractivity contribution in [3.8, 4) is 11.1 Å². The normalized spacial score (nSPS) is 10.9. The predicted octanol–water partition coefficient (Wildman–Crippen LogP) is 4.17. The lowest BCUT2D eigenvalue weighted by molar-refractivity contribution is 0.102. The summed E-state index contributed by atoms with van der Waals surface area (Å²) < 4.78 is 2.07. The van der Waals surface area contributed by atoms with Gasteiger partial charge >= 0.3 is 0 Å². The van der Waals surface area contributed by atoms with Crippen molar-refractivity contribution in [1.82, 2.24) is 14.5 Å². The average Bonchev–Trinajstić information content (AvgIpc) is 2.92. The molecule has 3 heterocycles. The van der Waals surface area contributed by atoms with E-state index in [4.69, 9.17) is 0 Å². The van der Waals surface area contributed by atoms with Crippen molar-refractivity contribution in [3.05, 3.63) is 65.9 Å². The summed E-state index contributed by atoms with van der Waals surface area (Å²) in [6.45, 7) is 6.20. The zero-order valence-corrected chi connectivity index (χ0v) is 14.9. The van der Waals surface area contributed by atoms with Gasteiger partial charge in [-0.25, -0.2) is 4.98 Å². The second-order valence-corrected chi connectivity index (χ2v) is 6.41. The standard InChI is InChI=1S/C20H22N4O/c1-13(2)18-11-17(14(3)24(18)4)20(25)23-19-10-15(7-9-22-19)16-6-5-8-21-12-16/h5-13H,1-4H3,(H,22,23,25). The van der Waals surface area contributed by atoms with Crippen molar-refractivity contribution >= 4 is 11.7 Å². The molecule has 1 amide bonds. The fourth-order valence-electron chi connectivity index (χ4n) is 2.90. The Morgan fingerprint density at radius 1 is 1.16 bits per heavy atom. The van der Waals surface area contributed by atoms with E-state index in [2.05, 4.69) is 33.7 Å². The molecule has 0 saturated heterocycles. The molecule has 0 aliphatic heterocycles. The minimum absolute atomic E-state index is 0.143. The van der Waals surface area contributed by atoms with Crippen LogP contribution in [0, 0.1) is 6.92 Å². The molecule has 0 bridgehead atoms. The molecule has 1 N–H and O–H groups in total. The molecule has 5 nitrogen and oxygen atoms in total. The summed E-state index contributed by atoms with van der Waals surface area (Å²) in [7, 11) is 1.99. The molecule has 3 rings (SSSR count). The highest BCUT2D eigenvalue weighted by Gasteiger charge is 2.17. The van der Waals surface area contributed by atoms with E-state index in [-0.39, 0.29) is 5.91 Å². The third kappa shape index (κ3) is 3.45. The molecule has 0 radical (unpaired) electrons. The molecule has 0 aromatic carbocycles. The first-order chi connectivity index (χ1) is 12.0. The van der Waals surface area contributed by atoms with Crippen molar-refractivity contribution in [2.24, 2.45) is 7.05 Å². The van der Waals surface area contributed by atoms with Crippen molar-refractivity contribution < 1.29 is 4.79 Å². The number of nitrogens with one attached hydrogen (secondary N) is 1. The van der Waals surface area contributed by atoms with Crippen LogP contribution >= 0.6 is 0 Å². The summed E-state index contributed by atoms with van der Waals surface area (Å²) in [6, 6.07) is 9.58. The van der Waals surface area contributed by atoms with Crippen LogP contribution < -0.4 is 5.32 Å². The number of hydrogen-bond acceptors (Lipinski definition) is 3. The number of anilines is 1. The topological polar surface area (TPSA) is 59.8 Å². The van der Waals surface area contributed by atoms with E-state index >= 15 is 0 Å². The lowest BCUT2D eigenvalue weighted by atomic mass is 10.1. The Labute approximate surface area is 147 Å². The molecule has 0 saturated carbocycles. The molecular weight excluding hydrogens is 312 g/mol. The van der Waals surface area contributed by atoms with E-state index in [9.17, 15) is 4.79 Å². The van der Waals surface area contributed by atoms with Crippen LogP contribution in [0.15, 0.2) is 48.9 Å². The SMILES string of the molecule is Cc1c(C(=O)Nc2cc(-c3cccnc3)ccn2)cc(C(C)C)n1C. The third-order valence-electron chi connectivity index (χ3n) is 4.40. The predicted molar refractivity (Wildman–Crippen MR) is 99.7 cm³/mol. The summed E-state index contributed by atoms with van der Waals surface area (Å²) in [5.74, 6) is 0.744. The first-order valence-electron chi connectivity index (χ1n) is 8.31. The van der Waals surface area contributed by atoms with Gasteiger partial charge in [0.2, 0.25) is 0 Å². The summed E-state index contributed by atoms with van der Waals surface area (Å²) >= 11 is 0. The molecule has 3 aromatic rings. The maximum absolute atomic E-state index is 12.7. The Balaban J connectivity index is 1.86. The highest BCUT2D eigenvalue weighted by Crippen LogP contribution is 2.23. The summed E-state index contributed by atoms with van der Waals surface area (Å²) in [6.07, 6.45) is 5.21. The Morgan fingerprint density at radius 2 is 1.96 bits per heavy atom. The quantitative estimate of drug-likeness (QED) is 0.779. The molecule has 5 heteroatoms. The minimum Gasteiger partial charge on any atom is -0.351 e. The second kappa shape index (κ2) is 6.89. The number of pyridine rings is 2. The number of carbonyl (C=O) groups excluding carboxylic acids is 1. The number of aromatic nitrogens is 3. The van der Waals surface area contributed by atoms with Gasteiger partial charge in [-0.05, 0) is 42.7 Å². The van der Waals surface area contributed by atoms with Gasteiger partial charge in [-0.3, -0.25) is 9.78 Å². The van der Waals surface area contributed by atoms with Gasteiger partial charge in [0.15, 0.2) is 0 Å². The van der Waals surface area contributed by atoms with Gasteiger partial charge in [0.05, 0.1) is 5.56 Å². The van der Waals surface area contributed by atoms with Crippen LogP contribution in [-0.2, 0) is 7.05 Å². The van der Waals surface area contributed by atoms with Gasteiger partial charge in [-0.1, -0.05) is 19.9 Å². The lowest BCUT2D eigenvalue weighted by Gasteiger charge is -2.08. The number of rotatable bonds is 4. The zero-order chi connectivity index (χ0) is 18.0. The molecule has 25 heavy (non-hydrogen) atoms. The fraction of sp³-hybridized carbons (Fsp3) is 0.250. The molecule has 0 unspecified atom stereocenters. The van der Waals surface area contributed by atoms with Crippen molar-refractivity contribution in [3.63, 3.8) is 0 Å². The van der Waals surface area contributed by atoms with E-state index in [0.717, 1.165) is 22.5 Å². The number of hydrogen-bond donors (Lipinski definition) is 1. The first-order valence-corrected chi connectivity index (χ1v) is 8.31. The van der Waals surface area contributed by atoms with Crippen molar-refractivity contribution in [2.45, 2.75) is 26.7 Å². The highest BCUT2D eigenvalue weighted by molar-refractivity contribution is 6.05. The maximum atomic E-state index is 12.7. The van der Waals surface area contributed by atoms with Gasteiger partial charge in [-0.2, -0.15) is 0 Å². The van der Waals surface area contributed by atoms with E-state index < -0.39 is 0 Å². The highest BCUT2D eigenvalue weighted by atomic mass is 16.1. The van der Waals surface area contributed by atoms with Crippen LogP contribution in [0.3, 0.4) is 0 Å². The van der Waals surface area contributed by atoms with Crippen LogP contribution in [0.25, 0.3) is 11.1 Å². The molecule has 0 atom stereocenters.